The van der Waals surface area contributed by atoms with Crippen molar-refractivity contribution in [1.29, 1.82) is 0 Å². The first-order valence-corrected chi connectivity index (χ1v) is 4.57. The molecule has 0 saturated heterocycles. The zero-order valence-corrected chi connectivity index (χ0v) is 8.19. The number of fused-ring (bicyclic) bond motifs is 1. The third-order valence-electron chi connectivity index (χ3n) is 2.61. The molecule has 1 aliphatic rings. The van der Waals surface area contributed by atoms with Crippen LogP contribution >= 0.6 is 0 Å². The van der Waals surface area contributed by atoms with Gasteiger partial charge in [-0.25, -0.2) is 4.39 Å². The summed E-state index contributed by atoms with van der Waals surface area (Å²) in [6.07, 6.45) is 0.344. The van der Waals surface area contributed by atoms with Gasteiger partial charge in [0.1, 0.15) is 0 Å². The molecule has 0 amide bonds. The van der Waals surface area contributed by atoms with Crippen molar-refractivity contribution >= 4 is 5.78 Å². The van der Waals surface area contributed by atoms with E-state index in [0.29, 0.717) is 12.0 Å². The highest BCUT2D eigenvalue weighted by Crippen LogP contribution is 2.32. The summed E-state index contributed by atoms with van der Waals surface area (Å²) in [4.78, 5) is 11.6. The van der Waals surface area contributed by atoms with Crippen LogP contribution in [0.5, 0.6) is 5.75 Å². The fraction of sp³-hybridized carbons (Fsp3) is 0.364. The first-order chi connectivity index (χ1) is 6.61. The van der Waals surface area contributed by atoms with Gasteiger partial charge in [0.25, 0.3) is 0 Å². The standard InChI is InChI=1S/C11H11FO2/c1-6-5-8(12)11-10(7(6)2)9(13)3-4-14-11/h5H,3-4H2,1-2H3. The molecule has 0 aromatic heterocycles. The van der Waals surface area contributed by atoms with Crippen molar-refractivity contribution in [2.45, 2.75) is 20.3 Å². The van der Waals surface area contributed by atoms with Crippen LogP contribution in [0, 0.1) is 19.7 Å². The van der Waals surface area contributed by atoms with E-state index in [0.717, 1.165) is 11.1 Å². The van der Waals surface area contributed by atoms with Crippen molar-refractivity contribution in [1.82, 2.24) is 0 Å². The molecule has 74 valence electrons. The Bertz CT molecular complexity index is 410. The lowest BCUT2D eigenvalue weighted by Gasteiger charge is -2.19. The highest BCUT2D eigenvalue weighted by Gasteiger charge is 2.24. The molecule has 0 fully saturated rings. The van der Waals surface area contributed by atoms with E-state index in [1.807, 2.05) is 6.92 Å². The molecule has 0 aliphatic carbocycles. The normalized spacial score (nSPS) is 14.9. The van der Waals surface area contributed by atoms with Crippen molar-refractivity contribution in [3.05, 3.63) is 28.6 Å². The predicted octanol–water partition coefficient (Wildman–Crippen LogP) is 2.41. The molecule has 1 aromatic rings. The summed E-state index contributed by atoms with van der Waals surface area (Å²) < 4.78 is 18.6. The van der Waals surface area contributed by atoms with E-state index in [9.17, 15) is 9.18 Å². The van der Waals surface area contributed by atoms with Crippen LogP contribution in [-0.4, -0.2) is 12.4 Å². The maximum absolute atomic E-state index is 13.4. The summed E-state index contributed by atoms with van der Waals surface area (Å²) in [6.45, 7) is 3.89. The largest absolute Gasteiger partial charge is 0.489 e. The second-order valence-electron chi connectivity index (χ2n) is 3.53. The van der Waals surface area contributed by atoms with Gasteiger partial charge in [0.15, 0.2) is 17.3 Å². The number of Topliss-reactive ketones (excluding diaryl/α,β-unsaturated/α-hetero) is 1. The quantitative estimate of drug-likeness (QED) is 0.634. The lowest BCUT2D eigenvalue weighted by molar-refractivity contribution is 0.0928. The molecule has 0 unspecified atom stereocenters. The minimum atomic E-state index is -0.434. The van der Waals surface area contributed by atoms with E-state index in [4.69, 9.17) is 4.74 Å². The van der Waals surface area contributed by atoms with Crippen molar-refractivity contribution in [3.63, 3.8) is 0 Å². The zero-order chi connectivity index (χ0) is 10.3. The Kier molecular flexibility index (Phi) is 2.02. The van der Waals surface area contributed by atoms with Gasteiger partial charge < -0.3 is 4.74 Å². The third-order valence-corrected chi connectivity index (χ3v) is 2.61. The summed E-state index contributed by atoms with van der Waals surface area (Å²) in [5, 5.41) is 0. The number of ether oxygens (including phenoxy) is 1. The second-order valence-corrected chi connectivity index (χ2v) is 3.53. The molecule has 0 spiro atoms. The van der Waals surface area contributed by atoms with Crippen LogP contribution in [0.4, 0.5) is 4.39 Å². The summed E-state index contributed by atoms with van der Waals surface area (Å²) in [6, 6.07) is 1.41. The Morgan fingerprint density at radius 3 is 2.86 bits per heavy atom. The fourth-order valence-electron chi connectivity index (χ4n) is 1.70. The molecule has 0 N–H and O–H groups in total. The molecule has 14 heavy (non-hydrogen) atoms. The van der Waals surface area contributed by atoms with Crippen LogP contribution in [0.25, 0.3) is 0 Å². The summed E-state index contributed by atoms with van der Waals surface area (Å²) in [5.41, 5.74) is 2.04. The number of halogens is 1. The monoisotopic (exact) mass is 194 g/mol. The number of aryl methyl sites for hydroxylation is 1. The third kappa shape index (κ3) is 1.20. The SMILES string of the molecule is Cc1cc(F)c2c(c1C)C(=O)CCO2. The summed E-state index contributed by atoms with van der Waals surface area (Å²) in [5.74, 6) is -0.327. The number of benzene rings is 1. The zero-order valence-electron chi connectivity index (χ0n) is 8.19. The molecule has 1 aromatic carbocycles. The van der Waals surface area contributed by atoms with Crippen molar-refractivity contribution < 1.29 is 13.9 Å². The van der Waals surface area contributed by atoms with E-state index in [1.165, 1.54) is 6.07 Å². The molecule has 3 heteroatoms. The van der Waals surface area contributed by atoms with Gasteiger partial charge in [-0.1, -0.05) is 0 Å². The maximum atomic E-state index is 13.4. The number of carbonyl (C=O) groups is 1. The van der Waals surface area contributed by atoms with E-state index in [1.54, 1.807) is 6.92 Å². The molecular weight excluding hydrogens is 183 g/mol. The van der Waals surface area contributed by atoms with Gasteiger partial charge in [-0.3, -0.25) is 4.79 Å². The Morgan fingerprint density at radius 1 is 1.43 bits per heavy atom. The van der Waals surface area contributed by atoms with E-state index in [-0.39, 0.29) is 18.1 Å². The average Bonchev–Trinajstić information content (AvgIpc) is 2.14. The van der Waals surface area contributed by atoms with Gasteiger partial charge in [-0.15, -0.1) is 0 Å². The molecule has 0 saturated carbocycles. The van der Waals surface area contributed by atoms with Crippen molar-refractivity contribution in [2.75, 3.05) is 6.61 Å². The first kappa shape index (κ1) is 9.19. The molecule has 1 aliphatic heterocycles. The minimum absolute atomic E-state index is 0.0219. The Labute approximate surface area is 81.7 Å². The van der Waals surface area contributed by atoms with E-state index in [2.05, 4.69) is 0 Å². The van der Waals surface area contributed by atoms with Gasteiger partial charge >= 0.3 is 0 Å². The Morgan fingerprint density at radius 2 is 2.14 bits per heavy atom. The smallest absolute Gasteiger partial charge is 0.170 e. The fourth-order valence-corrected chi connectivity index (χ4v) is 1.70. The molecule has 0 bridgehead atoms. The molecule has 0 atom stereocenters. The number of carbonyl (C=O) groups excluding carboxylic acids is 1. The Hall–Kier alpha value is -1.38. The van der Waals surface area contributed by atoms with Gasteiger partial charge in [-0.05, 0) is 31.0 Å². The number of rotatable bonds is 0. The second kappa shape index (κ2) is 3.08. The van der Waals surface area contributed by atoms with Crippen molar-refractivity contribution in [2.24, 2.45) is 0 Å². The molecular formula is C11H11FO2. The van der Waals surface area contributed by atoms with Crippen LogP contribution in [0.15, 0.2) is 6.07 Å². The summed E-state index contributed by atoms with van der Waals surface area (Å²) in [7, 11) is 0. The van der Waals surface area contributed by atoms with Crippen LogP contribution < -0.4 is 4.74 Å². The number of hydrogen-bond donors (Lipinski definition) is 0. The van der Waals surface area contributed by atoms with Gasteiger partial charge in [-0.2, -0.15) is 0 Å². The predicted molar refractivity (Wildman–Crippen MR) is 50.3 cm³/mol. The minimum Gasteiger partial charge on any atom is -0.489 e. The average molecular weight is 194 g/mol. The number of ketones is 1. The molecule has 1 heterocycles. The van der Waals surface area contributed by atoms with Crippen LogP contribution in [0.3, 0.4) is 0 Å². The van der Waals surface area contributed by atoms with Crippen LogP contribution in [0.1, 0.15) is 27.9 Å². The molecule has 0 radical (unpaired) electrons. The van der Waals surface area contributed by atoms with Gasteiger partial charge in [0.2, 0.25) is 0 Å². The van der Waals surface area contributed by atoms with Crippen molar-refractivity contribution in [3.8, 4) is 5.75 Å². The summed E-state index contributed by atoms with van der Waals surface area (Å²) >= 11 is 0. The van der Waals surface area contributed by atoms with E-state index < -0.39 is 5.82 Å². The highest BCUT2D eigenvalue weighted by molar-refractivity contribution is 6.01. The number of hydrogen-bond acceptors (Lipinski definition) is 2. The lowest BCUT2D eigenvalue weighted by Crippen LogP contribution is -2.18. The molecule has 2 rings (SSSR count). The first-order valence-electron chi connectivity index (χ1n) is 4.57. The highest BCUT2D eigenvalue weighted by atomic mass is 19.1. The van der Waals surface area contributed by atoms with Gasteiger partial charge in [0.05, 0.1) is 12.2 Å². The lowest BCUT2D eigenvalue weighted by atomic mass is 9.96. The Balaban J connectivity index is 2.73. The topological polar surface area (TPSA) is 26.3 Å². The van der Waals surface area contributed by atoms with Gasteiger partial charge in [0, 0.05) is 6.42 Å². The van der Waals surface area contributed by atoms with Crippen LogP contribution in [-0.2, 0) is 0 Å². The van der Waals surface area contributed by atoms with Crippen LogP contribution in [0.2, 0.25) is 0 Å². The maximum Gasteiger partial charge on any atom is 0.170 e. The molecule has 2 nitrogen and oxygen atoms in total. The van der Waals surface area contributed by atoms with E-state index >= 15 is 0 Å².